The maximum atomic E-state index is 5.85. The Labute approximate surface area is 104 Å². The third kappa shape index (κ3) is 4.21. The Balaban J connectivity index is 2.74. The van der Waals surface area contributed by atoms with Gasteiger partial charge in [-0.15, -0.1) is 0 Å². The Morgan fingerprint density at radius 1 is 1.29 bits per heavy atom. The van der Waals surface area contributed by atoms with Gasteiger partial charge in [0.25, 0.3) is 0 Å². The van der Waals surface area contributed by atoms with Crippen LogP contribution in [0.5, 0.6) is 5.88 Å². The third-order valence-electron chi connectivity index (χ3n) is 2.55. The smallest absolute Gasteiger partial charge is 0.222 e. The first-order chi connectivity index (χ1) is 7.81. The highest BCUT2D eigenvalue weighted by Gasteiger charge is 2.15. The molecule has 2 N–H and O–H groups in total. The number of rotatable bonds is 4. The Bertz CT molecular complexity index is 369. The average Bonchev–Trinajstić information content (AvgIpc) is 2.14. The van der Waals surface area contributed by atoms with E-state index in [0.29, 0.717) is 18.3 Å². The number of nitrogens with zero attached hydrogens (tertiary/aromatic N) is 2. The fourth-order valence-corrected chi connectivity index (χ4v) is 1.50. The lowest BCUT2D eigenvalue weighted by atomic mass is 9.93. The zero-order valence-electron chi connectivity index (χ0n) is 11.4. The molecule has 0 bridgehead atoms. The molecule has 0 saturated heterocycles. The summed E-state index contributed by atoms with van der Waals surface area (Å²) in [5.74, 6) is 1.40. The van der Waals surface area contributed by atoms with Crippen molar-refractivity contribution in [2.45, 2.75) is 47.0 Å². The van der Waals surface area contributed by atoms with Crippen LogP contribution in [0.4, 0.5) is 5.82 Å². The second-order valence-corrected chi connectivity index (χ2v) is 5.79. The monoisotopic (exact) mass is 237 g/mol. The summed E-state index contributed by atoms with van der Waals surface area (Å²) < 4.78 is 5.72. The summed E-state index contributed by atoms with van der Waals surface area (Å²) in [6.07, 6.45) is 2.43. The van der Waals surface area contributed by atoms with Crippen LogP contribution >= 0.6 is 0 Å². The van der Waals surface area contributed by atoms with Crippen molar-refractivity contribution < 1.29 is 4.74 Å². The molecule has 0 spiro atoms. The highest BCUT2D eigenvalue weighted by molar-refractivity contribution is 5.46. The van der Waals surface area contributed by atoms with E-state index >= 15 is 0 Å². The van der Waals surface area contributed by atoms with Gasteiger partial charge in [0.2, 0.25) is 5.88 Å². The molecule has 0 radical (unpaired) electrons. The average molecular weight is 237 g/mol. The largest absolute Gasteiger partial charge is 0.477 e. The standard InChI is InChI=1S/C13H23N3O/c1-9(2)10-11(14)15-8-16-12(10)17-7-6-13(3,4)5/h8-9H,6-7H2,1-5H3,(H2,14,15,16). The Hall–Kier alpha value is -1.32. The summed E-state index contributed by atoms with van der Waals surface area (Å²) in [5, 5.41) is 0. The lowest BCUT2D eigenvalue weighted by Gasteiger charge is -2.19. The molecule has 0 aliphatic heterocycles. The molecule has 96 valence electrons. The van der Waals surface area contributed by atoms with E-state index in [1.165, 1.54) is 6.33 Å². The van der Waals surface area contributed by atoms with E-state index in [1.807, 2.05) is 0 Å². The van der Waals surface area contributed by atoms with E-state index in [9.17, 15) is 0 Å². The van der Waals surface area contributed by atoms with Gasteiger partial charge >= 0.3 is 0 Å². The maximum Gasteiger partial charge on any atom is 0.222 e. The van der Waals surface area contributed by atoms with Gasteiger partial charge in [0, 0.05) is 0 Å². The second-order valence-electron chi connectivity index (χ2n) is 5.79. The van der Waals surface area contributed by atoms with Crippen LogP contribution in [0, 0.1) is 5.41 Å². The van der Waals surface area contributed by atoms with Crippen molar-refractivity contribution >= 4 is 5.82 Å². The molecule has 0 aliphatic carbocycles. The van der Waals surface area contributed by atoms with Crippen LogP contribution in [0.1, 0.15) is 52.5 Å². The molecule has 1 heterocycles. The number of nitrogens with two attached hydrogens (primary N) is 1. The van der Waals surface area contributed by atoms with Crippen molar-refractivity contribution in [2.24, 2.45) is 5.41 Å². The first kappa shape index (κ1) is 13.7. The van der Waals surface area contributed by atoms with Crippen LogP contribution in [0.15, 0.2) is 6.33 Å². The first-order valence-corrected chi connectivity index (χ1v) is 6.04. The minimum atomic E-state index is 0.260. The fraction of sp³-hybridized carbons (Fsp3) is 0.692. The molecular weight excluding hydrogens is 214 g/mol. The van der Waals surface area contributed by atoms with Gasteiger partial charge in [0.15, 0.2) is 0 Å². The first-order valence-electron chi connectivity index (χ1n) is 6.04. The lowest BCUT2D eigenvalue weighted by Crippen LogP contribution is -2.13. The molecule has 1 aromatic rings. The van der Waals surface area contributed by atoms with E-state index in [4.69, 9.17) is 10.5 Å². The molecule has 1 aromatic heterocycles. The minimum absolute atomic E-state index is 0.260. The number of hydrogen-bond donors (Lipinski definition) is 1. The summed E-state index contributed by atoms with van der Waals surface area (Å²) in [6, 6.07) is 0. The summed E-state index contributed by atoms with van der Waals surface area (Å²) in [5.41, 5.74) is 7.01. The van der Waals surface area contributed by atoms with Gasteiger partial charge in [-0.25, -0.2) is 9.97 Å². The molecule has 1 rings (SSSR count). The Morgan fingerprint density at radius 2 is 1.94 bits per heavy atom. The number of aromatic nitrogens is 2. The molecule has 0 unspecified atom stereocenters. The van der Waals surface area contributed by atoms with Gasteiger partial charge in [0.1, 0.15) is 12.1 Å². The van der Waals surface area contributed by atoms with Gasteiger partial charge in [-0.3, -0.25) is 0 Å². The molecular formula is C13H23N3O. The second kappa shape index (κ2) is 5.34. The molecule has 4 heteroatoms. The molecule has 0 amide bonds. The topological polar surface area (TPSA) is 61.0 Å². The van der Waals surface area contributed by atoms with Crippen molar-refractivity contribution in [3.63, 3.8) is 0 Å². The van der Waals surface area contributed by atoms with Crippen molar-refractivity contribution in [1.82, 2.24) is 9.97 Å². The van der Waals surface area contributed by atoms with E-state index < -0.39 is 0 Å². The third-order valence-corrected chi connectivity index (χ3v) is 2.55. The van der Waals surface area contributed by atoms with Crippen LogP contribution in [0.25, 0.3) is 0 Å². The van der Waals surface area contributed by atoms with E-state index in [1.54, 1.807) is 0 Å². The highest BCUT2D eigenvalue weighted by Crippen LogP contribution is 2.28. The maximum absolute atomic E-state index is 5.85. The highest BCUT2D eigenvalue weighted by atomic mass is 16.5. The predicted molar refractivity (Wildman–Crippen MR) is 70.1 cm³/mol. The van der Waals surface area contributed by atoms with E-state index in [-0.39, 0.29) is 11.3 Å². The molecule has 0 aliphatic rings. The quantitative estimate of drug-likeness (QED) is 0.874. The van der Waals surface area contributed by atoms with Crippen LogP contribution in [-0.2, 0) is 0 Å². The minimum Gasteiger partial charge on any atom is -0.477 e. The van der Waals surface area contributed by atoms with Crippen molar-refractivity contribution in [3.05, 3.63) is 11.9 Å². The van der Waals surface area contributed by atoms with Crippen LogP contribution in [-0.4, -0.2) is 16.6 Å². The zero-order valence-corrected chi connectivity index (χ0v) is 11.4. The van der Waals surface area contributed by atoms with Crippen molar-refractivity contribution in [1.29, 1.82) is 0 Å². The van der Waals surface area contributed by atoms with Gasteiger partial charge in [-0.05, 0) is 17.8 Å². The summed E-state index contributed by atoms with van der Waals surface area (Å²) in [4.78, 5) is 8.17. The SMILES string of the molecule is CC(C)c1c(N)ncnc1OCCC(C)(C)C. The summed E-state index contributed by atoms with van der Waals surface area (Å²) in [7, 11) is 0. The normalized spacial score (nSPS) is 11.9. The van der Waals surface area contributed by atoms with Gasteiger partial charge in [-0.1, -0.05) is 34.6 Å². The van der Waals surface area contributed by atoms with Crippen LogP contribution in [0.3, 0.4) is 0 Å². The number of hydrogen-bond acceptors (Lipinski definition) is 4. The lowest BCUT2D eigenvalue weighted by molar-refractivity contribution is 0.234. The van der Waals surface area contributed by atoms with Gasteiger partial charge in [-0.2, -0.15) is 0 Å². The van der Waals surface area contributed by atoms with Gasteiger partial charge in [0.05, 0.1) is 12.2 Å². The van der Waals surface area contributed by atoms with Crippen LogP contribution < -0.4 is 10.5 Å². The zero-order chi connectivity index (χ0) is 13.1. The molecule has 4 nitrogen and oxygen atoms in total. The molecule has 0 aromatic carbocycles. The number of anilines is 1. The summed E-state index contributed by atoms with van der Waals surface area (Å²) in [6.45, 7) is 11.3. The van der Waals surface area contributed by atoms with Crippen molar-refractivity contribution in [3.8, 4) is 5.88 Å². The molecule has 0 saturated carbocycles. The molecule has 17 heavy (non-hydrogen) atoms. The Morgan fingerprint density at radius 3 is 2.47 bits per heavy atom. The predicted octanol–water partition coefficient (Wildman–Crippen LogP) is 3.00. The number of ether oxygens (including phenoxy) is 1. The summed E-state index contributed by atoms with van der Waals surface area (Å²) >= 11 is 0. The molecule has 0 fully saturated rings. The molecule has 0 atom stereocenters. The Kier molecular flexibility index (Phi) is 4.32. The fourth-order valence-electron chi connectivity index (χ4n) is 1.50. The van der Waals surface area contributed by atoms with Gasteiger partial charge < -0.3 is 10.5 Å². The van der Waals surface area contributed by atoms with Crippen LogP contribution in [0.2, 0.25) is 0 Å². The van der Waals surface area contributed by atoms with E-state index in [2.05, 4.69) is 44.6 Å². The van der Waals surface area contributed by atoms with Crippen molar-refractivity contribution in [2.75, 3.05) is 12.3 Å². The number of nitrogen functional groups attached to an aromatic ring is 1. The van der Waals surface area contributed by atoms with E-state index in [0.717, 1.165) is 12.0 Å².